The summed E-state index contributed by atoms with van der Waals surface area (Å²) in [5, 5.41) is 6.13. The van der Waals surface area contributed by atoms with Crippen molar-refractivity contribution in [2.24, 2.45) is 0 Å². The SMILES string of the molecule is CC(C)Oc1cc(N)cc(NC(C)C(=O)NC2CC2)c1. The summed E-state index contributed by atoms with van der Waals surface area (Å²) in [5.74, 6) is 0.721. The maximum Gasteiger partial charge on any atom is 0.242 e. The van der Waals surface area contributed by atoms with Crippen LogP contribution in [0.1, 0.15) is 33.6 Å². The van der Waals surface area contributed by atoms with Crippen LogP contribution in [0.5, 0.6) is 5.75 Å². The van der Waals surface area contributed by atoms with E-state index in [1.54, 1.807) is 12.1 Å². The molecule has 1 amide bonds. The lowest BCUT2D eigenvalue weighted by Gasteiger charge is -2.17. The molecular formula is C15H23N3O2. The molecule has 110 valence electrons. The quantitative estimate of drug-likeness (QED) is 0.696. The first kappa shape index (κ1) is 14.5. The van der Waals surface area contributed by atoms with Gasteiger partial charge < -0.3 is 21.1 Å². The van der Waals surface area contributed by atoms with Gasteiger partial charge in [0.25, 0.3) is 0 Å². The van der Waals surface area contributed by atoms with E-state index in [0.29, 0.717) is 17.5 Å². The first-order valence-electron chi connectivity index (χ1n) is 7.08. The van der Waals surface area contributed by atoms with Crippen molar-refractivity contribution in [3.05, 3.63) is 18.2 Å². The molecule has 2 rings (SSSR count). The van der Waals surface area contributed by atoms with Gasteiger partial charge in [0.15, 0.2) is 0 Å². The van der Waals surface area contributed by atoms with E-state index in [4.69, 9.17) is 10.5 Å². The van der Waals surface area contributed by atoms with Crippen molar-refractivity contribution in [1.82, 2.24) is 5.32 Å². The molecule has 1 fully saturated rings. The van der Waals surface area contributed by atoms with Crippen molar-refractivity contribution in [3.8, 4) is 5.75 Å². The van der Waals surface area contributed by atoms with Crippen LogP contribution in [-0.4, -0.2) is 24.1 Å². The third-order valence-electron chi connectivity index (χ3n) is 3.00. The van der Waals surface area contributed by atoms with Crippen LogP contribution in [0.4, 0.5) is 11.4 Å². The molecule has 0 bridgehead atoms. The first-order valence-corrected chi connectivity index (χ1v) is 7.08. The Labute approximate surface area is 119 Å². The van der Waals surface area contributed by atoms with Gasteiger partial charge in [-0.15, -0.1) is 0 Å². The van der Waals surface area contributed by atoms with Crippen LogP contribution in [0.3, 0.4) is 0 Å². The van der Waals surface area contributed by atoms with Crippen LogP contribution in [0.25, 0.3) is 0 Å². The van der Waals surface area contributed by atoms with Gasteiger partial charge in [-0.1, -0.05) is 0 Å². The Morgan fingerprint density at radius 1 is 1.30 bits per heavy atom. The molecule has 1 aliphatic carbocycles. The summed E-state index contributed by atoms with van der Waals surface area (Å²) in [5.41, 5.74) is 7.26. The molecule has 1 unspecified atom stereocenters. The Morgan fingerprint density at radius 2 is 2.00 bits per heavy atom. The van der Waals surface area contributed by atoms with Gasteiger partial charge in [-0.05, 0) is 39.7 Å². The fourth-order valence-corrected chi connectivity index (χ4v) is 1.92. The number of nitrogens with one attached hydrogen (secondary N) is 2. The molecule has 0 spiro atoms. The monoisotopic (exact) mass is 277 g/mol. The fraction of sp³-hybridized carbons (Fsp3) is 0.533. The number of amides is 1. The lowest BCUT2D eigenvalue weighted by molar-refractivity contribution is -0.121. The van der Waals surface area contributed by atoms with E-state index in [2.05, 4.69) is 10.6 Å². The second-order valence-corrected chi connectivity index (χ2v) is 5.61. The number of nitrogen functional groups attached to an aromatic ring is 1. The van der Waals surface area contributed by atoms with E-state index in [9.17, 15) is 4.79 Å². The average Bonchev–Trinajstić information content (AvgIpc) is 3.10. The van der Waals surface area contributed by atoms with Gasteiger partial charge in [-0.3, -0.25) is 4.79 Å². The largest absolute Gasteiger partial charge is 0.491 e. The zero-order chi connectivity index (χ0) is 14.7. The standard InChI is InChI=1S/C15H23N3O2/c1-9(2)20-14-7-11(16)6-13(8-14)17-10(3)15(19)18-12-4-5-12/h6-10,12,17H,4-5,16H2,1-3H3,(H,18,19). The molecular weight excluding hydrogens is 254 g/mol. The molecule has 0 aliphatic heterocycles. The number of ether oxygens (including phenoxy) is 1. The molecule has 0 saturated heterocycles. The molecule has 5 heteroatoms. The molecule has 20 heavy (non-hydrogen) atoms. The summed E-state index contributed by atoms with van der Waals surface area (Å²) >= 11 is 0. The van der Waals surface area contributed by atoms with Crippen molar-refractivity contribution in [1.29, 1.82) is 0 Å². The Bertz CT molecular complexity index is 484. The van der Waals surface area contributed by atoms with E-state index in [0.717, 1.165) is 18.5 Å². The van der Waals surface area contributed by atoms with E-state index in [1.165, 1.54) is 0 Å². The van der Waals surface area contributed by atoms with Crippen LogP contribution in [-0.2, 0) is 4.79 Å². The lowest BCUT2D eigenvalue weighted by Crippen LogP contribution is -2.38. The third kappa shape index (κ3) is 4.33. The molecule has 0 heterocycles. The maximum absolute atomic E-state index is 11.9. The zero-order valence-electron chi connectivity index (χ0n) is 12.3. The van der Waals surface area contributed by atoms with Crippen LogP contribution in [0.2, 0.25) is 0 Å². The summed E-state index contributed by atoms with van der Waals surface area (Å²) in [6.07, 6.45) is 2.26. The number of benzene rings is 1. The normalized spacial score (nSPS) is 15.8. The Kier molecular flexibility index (Phi) is 4.37. The fourth-order valence-electron chi connectivity index (χ4n) is 1.92. The number of rotatable bonds is 6. The molecule has 1 aromatic rings. The topological polar surface area (TPSA) is 76.4 Å². The maximum atomic E-state index is 11.9. The number of nitrogens with two attached hydrogens (primary N) is 1. The minimum absolute atomic E-state index is 0.0150. The highest BCUT2D eigenvalue weighted by Gasteiger charge is 2.25. The van der Waals surface area contributed by atoms with E-state index < -0.39 is 0 Å². The van der Waals surface area contributed by atoms with Crippen molar-refractivity contribution in [2.45, 2.75) is 51.8 Å². The highest BCUT2D eigenvalue weighted by molar-refractivity contribution is 5.85. The van der Waals surface area contributed by atoms with Crippen LogP contribution in [0.15, 0.2) is 18.2 Å². The van der Waals surface area contributed by atoms with Crippen molar-refractivity contribution >= 4 is 17.3 Å². The zero-order valence-corrected chi connectivity index (χ0v) is 12.3. The number of hydrogen-bond acceptors (Lipinski definition) is 4. The lowest BCUT2D eigenvalue weighted by atomic mass is 10.2. The van der Waals surface area contributed by atoms with Gasteiger partial charge in [0.2, 0.25) is 5.91 Å². The highest BCUT2D eigenvalue weighted by Crippen LogP contribution is 2.24. The van der Waals surface area contributed by atoms with E-state index >= 15 is 0 Å². The summed E-state index contributed by atoms with van der Waals surface area (Å²) < 4.78 is 5.63. The minimum atomic E-state index is -0.302. The molecule has 0 radical (unpaired) electrons. The number of anilines is 2. The average molecular weight is 277 g/mol. The summed E-state index contributed by atoms with van der Waals surface area (Å²) in [6.45, 7) is 5.76. The van der Waals surface area contributed by atoms with Crippen LogP contribution < -0.4 is 21.1 Å². The second kappa shape index (κ2) is 6.03. The third-order valence-corrected chi connectivity index (χ3v) is 3.00. The number of carbonyl (C=O) groups is 1. The number of carbonyl (C=O) groups excluding carboxylic acids is 1. The van der Waals surface area contributed by atoms with Gasteiger partial charge >= 0.3 is 0 Å². The van der Waals surface area contributed by atoms with E-state index in [-0.39, 0.29) is 18.1 Å². The summed E-state index contributed by atoms with van der Waals surface area (Å²) in [4.78, 5) is 11.9. The van der Waals surface area contributed by atoms with Crippen LogP contribution >= 0.6 is 0 Å². The smallest absolute Gasteiger partial charge is 0.242 e. The van der Waals surface area contributed by atoms with Crippen LogP contribution in [0, 0.1) is 0 Å². The van der Waals surface area contributed by atoms with Crippen molar-refractivity contribution in [2.75, 3.05) is 11.1 Å². The Balaban J connectivity index is 1.99. The number of hydrogen-bond donors (Lipinski definition) is 3. The van der Waals surface area contributed by atoms with Gasteiger partial charge in [-0.2, -0.15) is 0 Å². The van der Waals surface area contributed by atoms with Crippen molar-refractivity contribution < 1.29 is 9.53 Å². The highest BCUT2D eigenvalue weighted by atomic mass is 16.5. The second-order valence-electron chi connectivity index (χ2n) is 5.61. The molecule has 1 aromatic carbocycles. The molecule has 4 N–H and O–H groups in total. The molecule has 1 atom stereocenters. The Hall–Kier alpha value is -1.91. The van der Waals surface area contributed by atoms with Gasteiger partial charge in [-0.25, -0.2) is 0 Å². The summed E-state index contributed by atoms with van der Waals surface area (Å²) in [7, 11) is 0. The van der Waals surface area contributed by atoms with Crippen molar-refractivity contribution in [3.63, 3.8) is 0 Å². The molecule has 0 aromatic heterocycles. The predicted molar refractivity (Wildman–Crippen MR) is 80.9 cm³/mol. The van der Waals surface area contributed by atoms with Gasteiger partial charge in [0.1, 0.15) is 11.8 Å². The first-order chi connectivity index (χ1) is 9.44. The molecule has 1 aliphatic rings. The van der Waals surface area contributed by atoms with E-state index in [1.807, 2.05) is 26.8 Å². The summed E-state index contributed by atoms with van der Waals surface area (Å²) in [6, 6.07) is 5.50. The molecule has 1 saturated carbocycles. The predicted octanol–water partition coefficient (Wildman–Crippen LogP) is 2.13. The Morgan fingerprint density at radius 3 is 2.60 bits per heavy atom. The minimum Gasteiger partial charge on any atom is -0.491 e. The van der Waals surface area contributed by atoms with Gasteiger partial charge in [0.05, 0.1) is 6.10 Å². The van der Waals surface area contributed by atoms with Gasteiger partial charge in [0, 0.05) is 29.5 Å². The molecule has 5 nitrogen and oxygen atoms in total.